The molecular formula is C60H71FN10O7S2. The number of rotatable bonds is 20. The van der Waals surface area contributed by atoms with Crippen molar-refractivity contribution in [2.24, 2.45) is 11.8 Å². The van der Waals surface area contributed by atoms with Crippen molar-refractivity contribution in [1.82, 2.24) is 49.1 Å². The Bertz CT molecular complexity index is 3470. The number of alkyl carbamates (subject to hydrolysis) is 1. The molecule has 3 aromatic heterocycles. The Labute approximate surface area is 473 Å². The molecule has 0 atom stereocenters. The molecule has 10 rings (SSSR count). The first-order valence-electron chi connectivity index (χ1n) is 27.9. The van der Waals surface area contributed by atoms with Gasteiger partial charge in [-0.2, -0.15) is 5.10 Å². The van der Waals surface area contributed by atoms with Gasteiger partial charge in [0.05, 0.1) is 22.2 Å². The highest BCUT2D eigenvalue weighted by atomic mass is 33.1. The summed E-state index contributed by atoms with van der Waals surface area (Å²) in [7, 11) is 3.47. The Hall–Kier alpha value is -6.90. The number of halogens is 1. The fourth-order valence-corrected chi connectivity index (χ4v) is 13.3. The molecule has 17 nitrogen and oxygen atoms in total. The highest BCUT2D eigenvalue weighted by Gasteiger charge is 2.36. The number of phenolic OH excluding ortho intramolecular Hbond substituents is 2. The summed E-state index contributed by atoms with van der Waals surface area (Å²) in [6, 6.07) is 23.2. The largest absolute Gasteiger partial charge is 0.508 e. The fourth-order valence-electron chi connectivity index (χ4n) is 10.9. The van der Waals surface area contributed by atoms with Crippen LogP contribution >= 0.6 is 21.6 Å². The number of nitrogens with one attached hydrogen (secondary N) is 1. The topological polar surface area (TPSA) is 193 Å². The van der Waals surface area contributed by atoms with Gasteiger partial charge in [0.1, 0.15) is 36.4 Å². The van der Waals surface area contributed by atoms with Crippen molar-refractivity contribution in [2.75, 3.05) is 58.2 Å². The molecule has 2 aliphatic heterocycles. The molecule has 1 aliphatic carbocycles. The summed E-state index contributed by atoms with van der Waals surface area (Å²) in [5.41, 5.74) is 4.04. The SMILES string of the molecule is Cc1nnc(-c2cc(C(C)C)c(O)cc2O)n1-c1ccc2c(ccn2CCC2CCN(CCC(C)(C)SSCCOC(=O)NCn3nc(Cc4ccc(F)c(C(=O)N5CCN(C(=O)C6CC6)CC5)c4)c4ccccc4c3=O)CC2)c1. The molecule has 3 amide bonds. The number of benzene rings is 4. The van der Waals surface area contributed by atoms with Crippen LogP contribution in [0.4, 0.5) is 9.18 Å². The van der Waals surface area contributed by atoms with E-state index < -0.39 is 17.8 Å². The maximum atomic E-state index is 15.2. The van der Waals surface area contributed by atoms with Crippen molar-refractivity contribution < 1.29 is 33.7 Å². The predicted molar refractivity (Wildman–Crippen MR) is 312 cm³/mol. The second kappa shape index (κ2) is 24.4. The molecule has 0 unspecified atom stereocenters. The summed E-state index contributed by atoms with van der Waals surface area (Å²) < 4.78 is 26.2. The number of aromatic nitrogens is 6. The zero-order valence-corrected chi connectivity index (χ0v) is 47.8. The lowest BCUT2D eigenvalue weighted by Crippen LogP contribution is -2.51. The third-order valence-electron chi connectivity index (χ3n) is 15.8. The number of likely N-dealkylation sites (tertiary alicyclic amines) is 1. The van der Waals surface area contributed by atoms with Gasteiger partial charge in [0, 0.05) is 89.8 Å². The number of piperidine rings is 1. The number of nitrogens with zero attached hydrogens (tertiary/aromatic N) is 9. The standard InChI is InChI=1S/C60H71FN10O7S2/c1-38(2)47-35-49(54(73)36-53(47)72)55-64-63-39(3)71(55)44-13-15-52-43(34-44)19-24-67(52)23-18-40-16-21-66(22-17-40)25-20-60(4,5)80-79-31-30-78-59(77)62-37-70-58(76)46-9-7-6-8-45(46)51(65-70)33-41-10-14-50(61)48(32-41)57(75)69-28-26-68(27-29-69)56(74)42-11-12-42/h6-10,13-15,19,24,32,34-36,38,40,42,72-73H,11-12,16-18,20-23,25-31,33,37H2,1-5H3,(H,62,77). The third kappa shape index (κ3) is 13.0. The van der Waals surface area contributed by atoms with Gasteiger partial charge in [0.2, 0.25) is 5.91 Å². The van der Waals surface area contributed by atoms with Crippen molar-refractivity contribution in [2.45, 2.75) is 103 Å². The van der Waals surface area contributed by atoms with Crippen molar-refractivity contribution in [3.8, 4) is 28.6 Å². The maximum absolute atomic E-state index is 15.2. The van der Waals surface area contributed by atoms with E-state index in [0.29, 0.717) is 77.1 Å². The lowest BCUT2D eigenvalue weighted by Gasteiger charge is -2.35. The van der Waals surface area contributed by atoms with E-state index in [1.807, 2.05) is 31.4 Å². The molecule has 5 heterocycles. The summed E-state index contributed by atoms with van der Waals surface area (Å²) in [6.45, 7) is 16.0. The minimum absolute atomic E-state index is 0.0112. The van der Waals surface area contributed by atoms with Gasteiger partial charge < -0.3 is 39.5 Å². The monoisotopic (exact) mass is 1130 g/mol. The van der Waals surface area contributed by atoms with Crippen molar-refractivity contribution in [1.29, 1.82) is 0 Å². The third-order valence-corrected chi connectivity index (χ3v) is 19.1. The molecule has 2 saturated heterocycles. The Morgan fingerprint density at radius 3 is 2.36 bits per heavy atom. The molecule has 0 spiro atoms. The van der Waals surface area contributed by atoms with Crippen molar-refractivity contribution in [3.63, 3.8) is 0 Å². The second-order valence-corrected chi connectivity index (χ2v) is 25.5. The van der Waals surface area contributed by atoms with E-state index in [2.05, 4.69) is 74.4 Å². The van der Waals surface area contributed by atoms with Gasteiger partial charge in [-0.25, -0.2) is 13.9 Å². The van der Waals surface area contributed by atoms with Gasteiger partial charge in [0.15, 0.2) is 5.82 Å². The van der Waals surface area contributed by atoms with Crippen molar-refractivity contribution in [3.05, 3.63) is 129 Å². The summed E-state index contributed by atoms with van der Waals surface area (Å²) in [5.74, 6) is 1.72. The minimum Gasteiger partial charge on any atom is -0.508 e. The highest BCUT2D eigenvalue weighted by molar-refractivity contribution is 8.77. The number of aryl methyl sites for hydroxylation is 2. The van der Waals surface area contributed by atoms with E-state index in [-0.39, 0.29) is 64.8 Å². The van der Waals surface area contributed by atoms with Crippen LogP contribution in [0.1, 0.15) is 105 Å². The highest BCUT2D eigenvalue weighted by Crippen LogP contribution is 2.40. The second-order valence-electron chi connectivity index (χ2n) is 22.4. The van der Waals surface area contributed by atoms with E-state index >= 15 is 4.39 Å². The molecule has 7 aromatic rings. The fraction of sp³-hybridized carbons (Fsp3) is 0.450. The first-order valence-corrected chi connectivity index (χ1v) is 30.2. The molecule has 20 heteroatoms. The van der Waals surface area contributed by atoms with Gasteiger partial charge in [-0.05, 0) is 150 Å². The molecule has 3 fully saturated rings. The van der Waals surface area contributed by atoms with Gasteiger partial charge in [0.25, 0.3) is 11.5 Å². The first kappa shape index (κ1) is 56.4. The molecule has 80 heavy (non-hydrogen) atoms. The molecule has 422 valence electrons. The van der Waals surface area contributed by atoms with Crippen LogP contribution < -0.4 is 10.9 Å². The summed E-state index contributed by atoms with van der Waals surface area (Å²) in [6.07, 6.45) is 8.01. The van der Waals surface area contributed by atoms with Crippen LogP contribution in [-0.4, -0.2) is 135 Å². The smallest absolute Gasteiger partial charge is 0.408 e. The van der Waals surface area contributed by atoms with E-state index in [1.54, 1.807) is 61.7 Å². The first-order chi connectivity index (χ1) is 38.5. The minimum atomic E-state index is -0.666. The van der Waals surface area contributed by atoms with Gasteiger partial charge in [-0.1, -0.05) is 59.7 Å². The van der Waals surface area contributed by atoms with E-state index in [0.717, 1.165) is 68.5 Å². The zero-order chi connectivity index (χ0) is 56.2. The number of ether oxygens (including phenoxy) is 1. The Morgan fingerprint density at radius 1 is 0.863 bits per heavy atom. The lowest BCUT2D eigenvalue weighted by molar-refractivity contribution is -0.134. The van der Waals surface area contributed by atoms with Gasteiger partial charge in [-0.3, -0.25) is 19.0 Å². The zero-order valence-electron chi connectivity index (χ0n) is 46.2. The van der Waals surface area contributed by atoms with Crippen LogP contribution in [0.15, 0.2) is 89.9 Å². The molecular weight excluding hydrogens is 1060 g/mol. The number of hydrogen-bond acceptors (Lipinski definition) is 13. The van der Waals surface area contributed by atoms with Crippen LogP contribution in [0.2, 0.25) is 0 Å². The van der Waals surface area contributed by atoms with Crippen LogP contribution in [0.5, 0.6) is 11.5 Å². The van der Waals surface area contributed by atoms with E-state index in [4.69, 9.17) is 4.74 Å². The summed E-state index contributed by atoms with van der Waals surface area (Å²) >= 11 is 0. The molecule has 4 aromatic carbocycles. The van der Waals surface area contributed by atoms with Crippen LogP contribution in [0.25, 0.3) is 38.8 Å². The number of aromatic hydroxyl groups is 2. The van der Waals surface area contributed by atoms with E-state index in [9.17, 15) is 29.4 Å². The van der Waals surface area contributed by atoms with Crippen LogP contribution in [0.3, 0.4) is 0 Å². The molecule has 3 N–H and O–H groups in total. The lowest BCUT2D eigenvalue weighted by atomic mass is 9.93. The Morgan fingerprint density at radius 2 is 1.61 bits per heavy atom. The molecule has 3 aliphatic rings. The van der Waals surface area contributed by atoms with Crippen molar-refractivity contribution >= 4 is 61.2 Å². The molecule has 0 radical (unpaired) electrons. The number of fused-ring (bicyclic) bond motifs is 2. The van der Waals surface area contributed by atoms with E-state index in [1.165, 1.54) is 41.2 Å². The molecule has 0 bridgehead atoms. The number of hydrogen-bond donors (Lipinski definition) is 3. The quantitative estimate of drug-likeness (QED) is 0.0483. The summed E-state index contributed by atoms with van der Waals surface area (Å²) in [5, 5.41) is 39.5. The van der Waals surface area contributed by atoms with Gasteiger partial charge in [-0.15, -0.1) is 10.2 Å². The predicted octanol–water partition coefficient (Wildman–Crippen LogP) is 9.90. The number of phenols is 2. The number of carbonyl (C=O) groups is 3. The van der Waals surface area contributed by atoms with Crippen LogP contribution in [-0.2, 0) is 29.2 Å². The Kier molecular flexibility index (Phi) is 17.2. The number of piperazine rings is 1. The Balaban J connectivity index is 0.640. The van der Waals surface area contributed by atoms with Crippen LogP contribution in [0, 0.1) is 24.6 Å². The maximum Gasteiger partial charge on any atom is 0.408 e. The number of carbonyl (C=O) groups excluding carboxylic acids is 3. The average Bonchev–Trinajstić information content (AvgIpc) is 4.32. The van der Waals surface area contributed by atoms with Gasteiger partial charge >= 0.3 is 6.09 Å². The summed E-state index contributed by atoms with van der Waals surface area (Å²) in [4.78, 5) is 58.5. The molecule has 1 saturated carbocycles. The normalized spacial score (nSPS) is 15.6. The number of amides is 3. The average molecular weight is 1130 g/mol.